The number of nitrogens with zero attached hydrogens (tertiary/aromatic N) is 1. The summed E-state index contributed by atoms with van der Waals surface area (Å²) in [7, 11) is 0. The first-order chi connectivity index (χ1) is 8.75. The molecule has 0 radical (unpaired) electrons. The van der Waals surface area contributed by atoms with Crippen molar-refractivity contribution in [1.29, 1.82) is 0 Å². The maximum atomic E-state index is 6.14. The predicted molar refractivity (Wildman–Crippen MR) is 73.7 cm³/mol. The molecule has 18 heavy (non-hydrogen) atoms. The van der Waals surface area contributed by atoms with Gasteiger partial charge >= 0.3 is 0 Å². The summed E-state index contributed by atoms with van der Waals surface area (Å²) in [6.45, 7) is 3.11. The molecule has 3 rings (SSSR count). The third-order valence-corrected chi connectivity index (χ3v) is 3.96. The third kappa shape index (κ3) is 2.04. The molecule has 1 atom stereocenters. The Bertz CT molecular complexity index is 556. The van der Waals surface area contributed by atoms with E-state index < -0.39 is 0 Å². The Kier molecular flexibility index (Phi) is 3.10. The molecule has 0 amide bonds. The Morgan fingerprint density at radius 3 is 3.06 bits per heavy atom. The second-order valence-electron chi connectivity index (χ2n) is 4.75. The summed E-state index contributed by atoms with van der Waals surface area (Å²) < 4.78 is 0. The van der Waals surface area contributed by atoms with Crippen LogP contribution < -0.4 is 5.32 Å². The molecule has 2 N–H and O–H groups in total. The average Bonchev–Trinajstić information content (AvgIpc) is 3.01. The van der Waals surface area contributed by atoms with Crippen molar-refractivity contribution in [3.05, 3.63) is 40.7 Å². The van der Waals surface area contributed by atoms with Gasteiger partial charge in [0.15, 0.2) is 0 Å². The van der Waals surface area contributed by atoms with Gasteiger partial charge in [0.05, 0.1) is 11.9 Å². The molecule has 1 unspecified atom stereocenters. The summed E-state index contributed by atoms with van der Waals surface area (Å²) in [5.41, 5.74) is 3.31. The van der Waals surface area contributed by atoms with E-state index in [0.29, 0.717) is 6.04 Å². The number of rotatable bonds is 2. The fourth-order valence-electron chi connectivity index (χ4n) is 2.46. The highest BCUT2D eigenvalue weighted by Gasteiger charge is 2.18. The number of H-pyrrole nitrogens is 1. The molecular formula is C14H16ClN3. The normalized spacial score (nSPS) is 19.3. The second-order valence-corrected chi connectivity index (χ2v) is 5.16. The van der Waals surface area contributed by atoms with E-state index in [9.17, 15) is 0 Å². The van der Waals surface area contributed by atoms with E-state index in [2.05, 4.69) is 15.3 Å². The molecule has 0 saturated carbocycles. The Morgan fingerprint density at radius 2 is 2.28 bits per heavy atom. The highest BCUT2D eigenvalue weighted by atomic mass is 35.5. The van der Waals surface area contributed by atoms with Crippen LogP contribution in [0.1, 0.15) is 30.1 Å². The van der Waals surface area contributed by atoms with Gasteiger partial charge in [-0.3, -0.25) is 0 Å². The number of halogens is 1. The van der Waals surface area contributed by atoms with Crippen molar-refractivity contribution >= 4 is 11.6 Å². The largest absolute Gasteiger partial charge is 0.341 e. The van der Waals surface area contributed by atoms with Gasteiger partial charge in [0.1, 0.15) is 5.82 Å². The van der Waals surface area contributed by atoms with Crippen LogP contribution in [0.3, 0.4) is 0 Å². The topological polar surface area (TPSA) is 40.7 Å². The highest BCUT2D eigenvalue weighted by molar-refractivity contribution is 6.31. The average molecular weight is 262 g/mol. The monoisotopic (exact) mass is 261 g/mol. The number of aromatic nitrogens is 2. The summed E-state index contributed by atoms with van der Waals surface area (Å²) in [6, 6.07) is 6.33. The number of benzene rings is 1. The van der Waals surface area contributed by atoms with Gasteiger partial charge in [-0.2, -0.15) is 0 Å². The molecule has 3 nitrogen and oxygen atoms in total. The van der Waals surface area contributed by atoms with Gasteiger partial charge in [-0.15, -0.1) is 0 Å². The lowest BCUT2D eigenvalue weighted by atomic mass is 10.1. The van der Waals surface area contributed by atoms with Gasteiger partial charge < -0.3 is 10.3 Å². The van der Waals surface area contributed by atoms with Crippen LogP contribution >= 0.6 is 11.6 Å². The van der Waals surface area contributed by atoms with Gasteiger partial charge in [0, 0.05) is 16.6 Å². The first-order valence-corrected chi connectivity index (χ1v) is 6.67. The fourth-order valence-corrected chi connectivity index (χ4v) is 2.64. The van der Waals surface area contributed by atoms with E-state index in [0.717, 1.165) is 28.5 Å². The van der Waals surface area contributed by atoms with Crippen LogP contribution in [0.4, 0.5) is 0 Å². The lowest BCUT2D eigenvalue weighted by Crippen LogP contribution is -2.12. The first kappa shape index (κ1) is 11.8. The van der Waals surface area contributed by atoms with E-state index in [1.165, 1.54) is 18.5 Å². The Balaban J connectivity index is 1.95. The minimum absolute atomic E-state index is 0.422. The molecule has 1 aliphatic rings. The summed E-state index contributed by atoms with van der Waals surface area (Å²) in [5.74, 6) is 0.902. The van der Waals surface area contributed by atoms with Crippen LogP contribution in [0.25, 0.3) is 11.4 Å². The highest BCUT2D eigenvalue weighted by Crippen LogP contribution is 2.28. The first-order valence-electron chi connectivity index (χ1n) is 6.29. The number of nitrogens with one attached hydrogen (secondary N) is 2. The molecule has 1 fully saturated rings. The van der Waals surface area contributed by atoms with E-state index in [4.69, 9.17) is 11.6 Å². The van der Waals surface area contributed by atoms with Crippen LogP contribution in [0, 0.1) is 6.92 Å². The molecule has 0 bridgehead atoms. The van der Waals surface area contributed by atoms with E-state index in [1.54, 1.807) is 0 Å². The number of hydrogen-bond donors (Lipinski definition) is 2. The number of hydrogen-bond acceptors (Lipinski definition) is 2. The van der Waals surface area contributed by atoms with Gasteiger partial charge in [-0.1, -0.05) is 23.7 Å². The summed E-state index contributed by atoms with van der Waals surface area (Å²) in [5, 5.41) is 4.25. The molecule has 1 saturated heterocycles. The lowest BCUT2D eigenvalue weighted by molar-refractivity contribution is 0.632. The maximum absolute atomic E-state index is 6.14. The molecule has 4 heteroatoms. The fraction of sp³-hybridized carbons (Fsp3) is 0.357. The van der Waals surface area contributed by atoms with Crippen molar-refractivity contribution in [3.8, 4) is 11.4 Å². The summed E-state index contributed by atoms with van der Waals surface area (Å²) in [4.78, 5) is 7.89. The van der Waals surface area contributed by atoms with Crippen molar-refractivity contribution in [3.63, 3.8) is 0 Å². The van der Waals surface area contributed by atoms with Gasteiger partial charge in [-0.25, -0.2) is 4.98 Å². The SMILES string of the molecule is Cc1c(Cl)cccc1-c1ncc(C2CCCN2)[nH]1. The Labute approximate surface area is 112 Å². The molecule has 0 spiro atoms. The van der Waals surface area contributed by atoms with Crippen molar-refractivity contribution in [1.82, 2.24) is 15.3 Å². The minimum atomic E-state index is 0.422. The Hall–Kier alpha value is -1.32. The molecule has 1 aromatic heterocycles. The van der Waals surface area contributed by atoms with Crippen molar-refractivity contribution in [2.24, 2.45) is 0 Å². The van der Waals surface area contributed by atoms with Crippen LogP contribution in [0.15, 0.2) is 24.4 Å². The number of imidazole rings is 1. The molecule has 1 aliphatic heterocycles. The van der Waals surface area contributed by atoms with E-state index in [1.807, 2.05) is 31.3 Å². The zero-order chi connectivity index (χ0) is 12.5. The van der Waals surface area contributed by atoms with Crippen molar-refractivity contribution in [2.45, 2.75) is 25.8 Å². The Morgan fingerprint density at radius 1 is 1.39 bits per heavy atom. The van der Waals surface area contributed by atoms with Crippen molar-refractivity contribution in [2.75, 3.05) is 6.54 Å². The third-order valence-electron chi connectivity index (χ3n) is 3.55. The molecule has 2 aromatic rings. The van der Waals surface area contributed by atoms with Crippen LogP contribution in [0.5, 0.6) is 0 Å². The standard InChI is InChI=1S/C14H16ClN3/c1-9-10(4-2-5-11(9)15)14-17-8-13(18-14)12-6-3-7-16-12/h2,4-5,8,12,16H,3,6-7H2,1H3,(H,17,18). The molecule has 94 valence electrons. The summed E-state index contributed by atoms with van der Waals surface area (Å²) >= 11 is 6.14. The number of aromatic amines is 1. The maximum Gasteiger partial charge on any atom is 0.137 e. The van der Waals surface area contributed by atoms with E-state index >= 15 is 0 Å². The van der Waals surface area contributed by atoms with Gasteiger partial charge in [0.2, 0.25) is 0 Å². The van der Waals surface area contributed by atoms with Gasteiger partial charge in [0.25, 0.3) is 0 Å². The lowest BCUT2D eigenvalue weighted by Gasteiger charge is -2.07. The zero-order valence-electron chi connectivity index (χ0n) is 10.3. The predicted octanol–water partition coefficient (Wildman–Crippen LogP) is 3.46. The second kappa shape index (κ2) is 4.75. The van der Waals surface area contributed by atoms with Crippen LogP contribution in [-0.4, -0.2) is 16.5 Å². The van der Waals surface area contributed by atoms with Crippen molar-refractivity contribution < 1.29 is 0 Å². The smallest absolute Gasteiger partial charge is 0.137 e. The molecular weight excluding hydrogens is 246 g/mol. The van der Waals surface area contributed by atoms with Crippen LogP contribution in [0.2, 0.25) is 5.02 Å². The van der Waals surface area contributed by atoms with E-state index in [-0.39, 0.29) is 0 Å². The van der Waals surface area contributed by atoms with Gasteiger partial charge in [-0.05, 0) is 37.9 Å². The molecule has 2 heterocycles. The molecule has 0 aliphatic carbocycles. The zero-order valence-corrected chi connectivity index (χ0v) is 11.1. The quantitative estimate of drug-likeness (QED) is 0.869. The van der Waals surface area contributed by atoms with Crippen LogP contribution in [-0.2, 0) is 0 Å². The molecule has 1 aromatic carbocycles. The summed E-state index contributed by atoms with van der Waals surface area (Å²) in [6.07, 6.45) is 4.34. The minimum Gasteiger partial charge on any atom is -0.341 e.